The van der Waals surface area contributed by atoms with E-state index in [1.165, 1.54) is 21.8 Å². The molecule has 298 valence electrons. The molecule has 0 spiro atoms. The van der Waals surface area contributed by atoms with Crippen LogP contribution in [0.4, 0.5) is 0 Å². The van der Waals surface area contributed by atoms with Crippen molar-refractivity contribution in [2.24, 2.45) is 0 Å². The molecule has 0 aliphatic carbocycles. The third-order valence-electron chi connectivity index (χ3n) is 12.8. The zero-order valence-electron chi connectivity index (χ0n) is 34.1. The van der Waals surface area contributed by atoms with Crippen molar-refractivity contribution in [3.8, 4) is 45.5 Å². The van der Waals surface area contributed by atoms with Gasteiger partial charge in [0.1, 0.15) is 22.3 Å². The average molecular weight is 820 g/mol. The van der Waals surface area contributed by atoms with Crippen LogP contribution in [0.25, 0.3) is 133 Å². The molecule has 0 radical (unpaired) electrons. The van der Waals surface area contributed by atoms with Gasteiger partial charge in [-0.2, -0.15) is 9.97 Å². The minimum Gasteiger partial charge on any atom is -0.456 e. The van der Waals surface area contributed by atoms with Crippen LogP contribution >= 0.6 is 0 Å². The smallest absolute Gasteiger partial charge is 0.238 e. The number of benzene rings is 9. The maximum absolute atomic E-state index is 6.61. The Balaban J connectivity index is 0.978. The number of aromatic nitrogens is 5. The van der Waals surface area contributed by atoms with Crippen LogP contribution in [0.15, 0.2) is 209 Å². The number of para-hydroxylation sites is 4. The van der Waals surface area contributed by atoms with Gasteiger partial charge < -0.3 is 13.4 Å². The van der Waals surface area contributed by atoms with E-state index in [-0.39, 0.29) is 0 Å². The first-order chi connectivity index (χ1) is 31.7. The van der Waals surface area contributed by atoms with Crippen LogP contribution in [-0.2, 0) is 0 Å². The van der Waals surface area contributed by atoms with Crippen LogP contribution in [0.2, 0.25) is 0 Å². The van der Waals surface area contributed by atoms with Crippen molar-refractivity contribution in [3.05, 3.63) is 200 Å². The summed E-state index contributed by atoms with van der Waals surface area (Å²) in [7, 11) is 0. The van der Waals surface area contributed by atoms with E-state index in [0.717, 1.165) is 93.6 Å². The van der Waals surface area contributed by atoms with Gasteiger partial charge in [-0.25, -0.2) is 4.98 Å². The topological polar surface area (TPSA) is 74.8 Å². The largest absolute Gasteiger partial charge is 0.456 e. The van der Waals surface area contributed by atoms with Crippen LogP contribution < -0.4 is 0 Å². The highest BCUT2D eigenvalue weighted by Gasteiger charge is 2.22. The summed E-state index contributed by atoms with van der Waals surface area (Å²) in [5.74, 6) is 1.70. The van der Waals surface area contributed by atoms with Gasteiger partial charge in [-0.05, 0) is 77.9 Å². The van der Waals surface area contributed by atoms with E-state index in [9.17, 15) is 0 Å². The maximum atomic E-state index is 6.61. The second-order valence-electron chi connectivity index (χ2n) is 16.3. The van der Waals surface area contributed by atoms with Gasteiger partial charge in [0.05, 0.1) is 22.1 Å². The van der Waals surface area contributed by atoms with Gasteiger partial charge in [-0.3, -0.25) is 4.57 Å². The summed E-state index contributed by atoms with van der Waals surface area (Å²) in [5, 5.41) is 8.77. The van der Waals surface area contributed by atoms with Crippen molar-refractivity contribution in [2.75, 3.05) is 0 Å². The van der Waals surface area contributed by atoms with Crippen LogP contribution in [0.3, 0.4) is 0 Å². The molecule has 0 aliphatic rings. The predicted molar refractivity (Wildman–Crippen MR) is 259 cm³/mol. The van der Waals surface area contributed by atoms with Gasteiger partial charge in [-0.1, -0.05) is 133 Å². The molecular formula is C57H33N5O2. The Morgan fingerprint density at radius 2 is 0.812 bits per heavy atom. The molecule has 64 heavy (non-hydrogen) atoms. The molecule has 0 unspecified atom stereocenters. The second-order valence-corrected chi connectivity index (χ2v) is 16.3. The van der Waals surface area contributed by atoms with E-state index in [0.29, 0.717) is 17.6 Å². The molecule has 5 aromatic heterocycles. The Kier molecular flexibility index (Phi) is 7.27. The molecule has 0 fully saturated rings. The standard InChI is InChI=1S/C57H33N5O2/c1-2-14-34(15-3-1)55-58-56(60-57(59-55)62-47-24-10-6-18-40(47)41-19-7-11-25-48(41)62)42-21-13-27-52-54(42)43-32-35(28-30-49(43)63-52)37-20-12-26-51-53(37)44-33-36(29-31-50(44)64-51)61-45-22-8-4-16-38(45)39-17-5-9-23-46(39)61/h1-33H. The lowest BCUT2D eigenvalue weighted by Gasteiger charge is -2.11. The number of hydrogen-bond acceptors (Lipinski definition) is 5. The molecule has 0 aliphatic heterocycles. The minimum absolute atomic E-state index is 0.547. The molecule has 14 rings (SSSR count). The monoisotopic (exact) mass is 819 g/mol. The van der Waals surface area contributed by atoms with Gasteiger partial charge in [0.2, 0.25) is 5.95 Å². The number of hydrogen-bond donors (Lipinski definition) is 0. The van der Waals surface area contributed by atoms with E-state index in [4.69, 9.17) is 23.8 Å². The molecule has 0 saturated carbocycles. The van der Waals surface area contributed by atoms with Crippen molar-refractivity contribution < 1.29 is 8.83 Å². The molecular weight excluding hydrogens is 787 g/mol. The molecule has 14 aromatic rings. The summed E-state index contributed by atoms with van der Waals surface area (Å²) in [6.45, 7) is 0. The third-order valence-corrected chi connectivity index (χ3v) is 12.8. The summed E-state index contributed by atoms with van der Waals surface area (Å²) in [4.78, 5) is 15.7. The third kappa shape index (κ3) is 5.06. The van der Waals surface area contributed by atoms with Crippen molar-refractivity contribution >= 4 is 87.5 Å². The number of nitrogens with zero attached hydrogens (tertiary/aromatic N) is 5. The first-order valence-corrected chi connectivity index (χ1v) is 21.4. The molecule has 0 bridgehead atoms. The summed E-state index contributed by atoms with van der Waals surface area (Å²) in [5.41, 5.74) is 12.6. The van der Waals surface area contributed by atoms with Crippen molar-refractivity contribution in [3.63, 3.8) is 0 Å². The first-order valence-electron chi connectivity index (χ1n) is 21.4. The normalized spacial score (nSPS) is 12.1. The highest BCUT2D eigenvalue weighted by molar-refractivity contribution is 6.17. The lowest BCUT2D eigenvalue weighted by atomic mass is 9.97. The summed E-state index contributed by atoms with van der Waals surface area (Å²) in [6.07, 6.45) is 0. The number of furan rings is 2. The molecule has 7 heteroatoms. The number of fused-ring (bicyclic) bond motifs is 12. The fraction of sp³-hybridized carbons (Fsp3) is 0. The van der Waals surface area contributed by atoms with Gasteiger partial charge in [0, 0.05) is 59.9 Å². The molecule has 0 amide bonds. The van der Waals surface area contributed by atoms with E-state index < -0.39 is 0 Å². The molecule has 9 aromatic carbocycles. The van der Waals surface area contributed by atoms with Crippen molar-refractivity contribution in [2.45, 2.75) is 0 Å². The molecule has 0 N–H and O–H groups in total. The maximum Gasteiger partial charge on any atom is 0.238 e. The van der Waals surface area contributed by atoms with Gasteiger partial charge in [0.25, 0.3) is 0 Å². The molecule has 0 saturated heterocycles. The quantitative estimate of drug-likeness (QED) is 0.173. The van der Waals surface area contributed by atoms with E-state index in [1.54, 1.807) is 0 Å². The summed E-state index contributed by atoms with van der Waals surface area (Å²) < 4.78 is 17.7. The average Bonchev–Trinajstić information content (AvgIpc) is 4.11. The molecule has 0 atom stereocenters. The highest BCUT2D eigenvalue weighted by atomic mass is 16.3. The molecule has 5 heterocycles. The zero-order valence-corrected chi connectivity index (χ0v) is 34.1. The van der Waals surface area contributed by atoms with E-state index in [2.05, 4.69) is 167 Å². The molecule has 7 nitrogen and oxygen atoms in total. The lowest BCUT2D eigenvalue weighted by molar-refractivity contribution is 0.669. The van der Waals surface area contributed by atoms with Crippen LogP contribution in [0, 0.1) is 0 Å². The van der Waals surface area contributed by atoms with E-state index >= 15 is 0 Å². The van der Waals surface area contributed by atoms with Crippen LogP contribution in [0.5, 0.6) is 0 Å². The Hall–Kier alpha value is -8.81. The minimum atomic E-state index is 0.547. The van der Waals surface area contributed by atoms with Crippen molar-refractivity contribution in [1.29, 1.82) is 0 Å². The zero-order chi connectivity index (χ0) is 41.9. The van der Waals surface area contributed by atoms with Gasteiger partial charge >= 0.3 is 0 Å². The first kappa shape index (κ1) is 34.9. The Morgan fingerprint density at radius 1 is 0.312 bits per heavy atom. The van der Waals surface area contributed by atoms with Gasteiger partial charge in [-0.15, -0.1) is 0 Å². The lowest BCUT2D eigenvalue weighted by Crippen LogP contribution is -2.06. The van der Waals surface area contributed by atoms with Crippen LogP contribution in [0.1, 0.15) is 0 Å². The Bertz CT molecular complexity index is 4100. The summed E-state index contributed by atoms with van der Waals surface area (Å²) >= 11 is 0. The Morgan fingerprint density at radius 3 is 1.44 bits per heavy atom. The van der Waals surface area contributed by atoms with Gasteiger partial charge in [0.15, 0.2) is 11.6 Å². The number of rotatable bonds is 5. The fourth-order valence-corrected chi connectivity index (χ4v) is 10.0. The SMILES string of the molecule is c1ccc(-c2nc(-c3cccc4oc5ccc(-c6cccc7oc8ccc(-n9c%10ccccc%10c%10ccccc%109)cc8c67)cc5c34)nc(-n3c4ccccc4c4ccccc43)n2)cc1. The highest BCUT2D eigenvalue weighted by Crippen LogP contribution is 2.43. The fourth-order valence-electron chi connectivity index (χ4n) is 10.0. The van der Waals surface area contributed by atoms with Crippen molar-refractivity contribution in [1.82, 2.24) is 24.1 Å². The van der Waals surface area contributed by atoms with E-state index in [1.807, 2.05) is 42.5 Å². The van der Waals surface area contributed by atoms with Crippen LogP contribution in [-0.4, -0.2) is 24.1 Å². The Labute approximate surface area is 364 Å². The second kappa shape index (κ2) is 13.3. The summed E-state index contributed by atoms with van der Waals surface area (Å²) in [6, 6.07) is 69.6. The predicted octanol–water partition coefficient (Wildman–Crippen LogP) is 14.9.